The number of hydrogen-bond donors (Lipinski definition) is 1. The van der Waals surface area contributed by atoms with Gasteiger partial charge in [-0.05, 0) is 69.7 Å². The minimum Gasteiger partial charge on any atom is -0.451 e. The molecule has 1 fully saturated rings. The van der Waals surface area contributed by atoms with E-state index in [2.05, 4.69) is 5.32 Å². The summed E-state index contributed by atoms with van der Waals surface area (Å²) < 4.78 is 5.64. The molecule has 4 nitrogen and oxygen atoms in total. The molecule has 0 saturated heterocycles. The monoisotopic (exact) mass is 313 g/mol. The number of nitrogens with one attached hydrogen (secondary N) is 1. The Morgan fingerprint density at radius 2 is 1.78 bits per heavy atom. The van der Waals surface area contributed by atoms with E-state index in [0.717, 1.165) is 43.4 Å². The summed E-state index contributed by atoms with van der Waals surface area (Å²) in [4.78, 5) is 24.9. The molecule has 1 saturated carbocycles. The fraction of sp³-hybridized carbons (Fsp3) is 0.474. The van der Waals surface area contributed by atoms with Crippen molar-refractivity contribution in [2.45, 2.75) is 58.5 Å². The van der Waals surface area contributed by atoms with Crippen LogP contribution >= 0.6 is 0 Å². The number of carbonyl (C=O) groups is 2. The van der Waals surface area contributed by atoms with Crippen molar-refractivity contribution in [1.82, 2.24) is 0 Å². The van der Waals surface area contributed by atoms with E-state index < -0.39 is 5.60 Å². The van der Waals surface area contributed by atoms with Gasteiger partial charge in [-0.15, -0.1) is 0 Å². The number of rotatable bonds is 2. The van der Waals surface area contributed by atoms with E-state index in [1.807, 2.05) is 32.0 Å². The van der Waals surface area contributed by atoms with E-state index in [1.54, 1.807) is 6.92 Å². The molecule has 0 bridgehead atoms. The first-order chi connectivity index (χ1) is 10.9. The Kier molecular flexibility index (Phi) is 4.00. The van der Waals surface area contributed by atoms with Crippen LogP contribution in [0.4, 0.5) is 5.69 Å². The van der Waals surface area contributed by atoms with Gasteiger partial charge < -0.3 is 10.1 Å². The van der Waals surface area contributed by atoms with Crippen LogP contribution in [-0.4, -0.2) is 17.5 Å². The van der Waals surface area contributed by atoms with Gasteiger partial charge in [0.15, 0.2) is 0 Å². The molecule has 1 aliphatic carbocycles. The zero-order valence-electron chi connectivity index (χ0n) is 14.0. The Hall–Kier alpha value is -2.10. The highest BCUT2D eigenvalue weighted by atomic mass is 16.6. The molecule has 2 aliphatic rings. The first-order valence-corrected chi connectivity index (χ1v) is 8.26. The lowest BCUT2D eigenvalue weighted by molar-refractivity contribution is -0.149. The van der Waals surface area contributed by atoms with E-state index in [0.29, 0.717) is 11.1 Å². The van der Waals surface area contributed by atoms with Crippen LogP contribution < -0.4 is 5.32 Å². The van der Waals surface area contributed by atoms with Crippen molar-refractivity contribution >= 4 is 17.6 Å². The van der Waals surface area contributed by atoms with Crippen molar-refractivity contribution in [3.8, 4) is 0 Å². The van der Waals surface area contributed by atoms with Gasteiger partial charge in [-0.25, -0.2) is 4.79 Å². The fourth-order valence-corrected chi connectivity index (χ4v) is 3.61. The summed E-state index contributed by atoms with van der Waals surface area (Å²) in [6, 6.07) is 5.83. The highest BCUT2D eigenvalue weighted by Crippen LogP contribution is 2.44. The predicted octanol–water partition coefficient (Wildman–Crippen LogP) is 3.82. The SMILES string of the molecule is CC1=C(C(=O)Nc2ccc(C)c(C)c2)C2(CCCCC2)OC1=O. The number of ether oxygens (including phenoxy) is 1. The molecule has 1 amide bonds. The molecule has 23 heavy (non-hydrogen) atoms. The van der Waals surface area contributed by atoms with Gasteiger partial charge in [0.1, 0.15) is 5.60 Å². The van der Waals surface area contributed by atoms with Crippen LogP contribution in [0.25, 0.3) is 0 Å². The summed E-state index contributed by atoms with van der Waals surface area (Å²) in [7, 11) is 0. The number of aryl methyl sites for hydroxylation is 2. The van der Waals surface area contributed by atoms with Crippen LogP contribution in [0.1, 0.15) is 50.2 Å². The number of hydrogen-bond acceptors (Lipinski definition) is 3. The fourth-order valence-electron chi connectivity index (χ4n) is 3.61. The van der Waals surface area contributed by atoms with Gasteiger partial charge in [-0.3, -0.25) is 4.79 Å². The molecule has 0 radical (unpaired) electrons. The molecule has 1 aromatic rings. The van der Waals surface area contributed by atoms with E-state index in [4.69, 9.17) is 4.74 Å². The first kappa shape index (κ1) is 15.8. The topological polar surface area (TPSA) is 55.4 Å². The largest absolute Gasteiger partial charge is 0.451 e. The number of carbonyl (C=O) groups excluding carboxylic acids is 2. The van der Waals surface area contributed by atoms with Crippen molar-refractivity contribution < 1.29 is 14.3 Å². The normalized spacial score (nSPS) is 19.9. The van der Waals surface area contributed by atoms with Crippen LogP contribution in [0.5, 0.6) is 0 Å². The Balaban J connectivity index is 1.89. The Morgan fingerprint density at radius 1 is 1.09 bits per heavy atom. The zero-order valence-corrected chi connectivity index (χ0v) is 14.0. The smallest absolute Gasteiger partial charge is 0.335 e. The lowest BCUT2D eigenvalue weighted by Gasteiger charge is -2.34. The summed E-state index contributed by atoms with van der Waals surface area (Å²) >= 11 is 0. The molecule has 1 heterocycles. The maximum Gasteiger partial charge on any atom is 0.335 e. The van der Waals surface area contributed by atoms with Crippen molar-refractivity contribution in [3.05, 3.63) is 40.5 Å². The third-order valence-electron chi connectivity index (χ3n) is 5.08. The molecular weight excluding hydrogens is 290 g/mol. The zero-order chi connectivity index (χ0) is 16.6. The van der Waals surface area contributed by atoms with Crippen molar-refractivity contribution in [2.75, 3.05) is 5.32 Å². The molecule has 0 atom stereocenters. The van der Waals surface area contributed by atoms with E-state index in [1.165, 1.54) is 5.56 Å². The number of esters is 1. The summed E-state index contributed by atoms with van der Waals surface area (Å²) in [6.07, 6.45) is 4.59. The molecular formula is C19H23NO3. The molecule has 0 aromatic heterocycles. The third-order valence-corrected chi connectivity index (χ3v) is 5.08. The molecule has 1 aromatic carbocycles. The second kappa shape index (κ2) is 5.84. The second-order valence-electron chi connectivity index (χ2n) is 6.70. The van der Waals surface area contributed by atoms with Gasteiger partial charge in [0, 0.05) is 11.3 Å². The van der Waals surface area contributed by atoms with Crippen molar-refractivity contribution in [1.29, 1.82) is 0 Å². The third kappa shape index (κ3) is 2.78. The summed E-state index contributed by atoms with van der Waals surface area (Å²) in [6.45, 7) is 5.75. The van der Waals surface area contributed by atoms with Gasteiger partial charge in [0.2, 0.25) is 0 Å². The maximum atomic E-state index is 12.8. The van der Waals surface area contributed by atoms with Crippen LogP contribution in [0, 0.1) is 13.8 Å². The van der Waals surface area contributed by atoms with Crippen LogP contribution in [0.2, 0.25) is 0 Å². The molecule has 1 N–H and O–H groups in total. The summed E-state index contributed by atoms with van der Waals surface area (Å²) in [5.41, 5.74) is 3.34. The van der Waals surface area contributed by atoms with E-state index in [9.17, 15) is 9.59 Å². The lowest BCUT2D eigenvalue weighted by Crippen LogP contribution is -2.39. The van der Waals surface area contributed by atoms with Gasteiger partial charge in [-0.1, -0.05) is 12.5 Å². The Labute approximate surface area is 136 Å². The van der Waals surface area contributed by atoms with Gasteiger partial charge in [-0.2, -0.15) is 0 Å². The highest BCUT2D eigenvalue weighted by Gasteiger charge is 2.49. The maximum absolute atomic E-state index is 12.8. The van der Waals surface area contributed by atoms with E-state index in [-0.39, 0.29) is 11.9 Å². The minimum absolute atomic E-state index is 0.210. The molecule has 3 rings (SSSR count). The summed E-state index contributed by atoms with van der Waals surface area (Å²) in [5, 5.41) is 2.95. The van der Waals surface area contributed by atoms with Crippen LogP contribution in [-0.2, 0) is 14.3 Å². The quantitative estimate of drug-likeness (QED) is 0.845. The molecule has 1 aliphatic heterocycles. The first-order valence-electron chi connectivity index (χ1n) is 8.26. The van der Waals surface area contributed by atoms with E-state index >= 15 is 0 Å². The lowest BCUT2D eigenvalue weighted by atomic mass is 9.78. The van der Waals surface area contributed by atoms with Gasteiger partial charge in [0.05, 0.1) is 5.57 Å². The molecule has 1 spiro atoms. The number of anilines is 1. The molecule has 0 unspecified atom stereocenters. The highest BCUT2D eigenvalue weighted by molar-refractivity contribution is 6.12. The average molecular weight is 313 g/mol. The van der Waals surface area contributed by atoms with Gasteiger partial charge in [0.25, 0.3) is 5.91 Å². The summed E-state index contributed by atoms with van der Waals surface area (Å²) in [5.74, 6) is -0.560. The standard InChI is InChI=1S/C19H23NO3/c1-12-7-8-15(11-13(12)2)20-17(21)16-14(3)18(22)23-19(16)9-5-4-6-10-19/h7-8,11H,4-6,9-10H2,1-3H3,(H,20,21). The molecule has 122 valence electrons. The average Bonchev–Trinajstić information content (AvgIpc) is 2.74. The minimum atomic E-state index is -0.705. The predicted molar refractivity (Wildman–Crippen MR) is 89.2 cm³/mol. The number of benzene rings is 1. The van der Waals surface area contributed by atoms with Crippen LogP contribution in [0.3, 0.4) is 0 Å². The Bertz CT molecular complexity index is 697. The molecule has 4 heteroatoms. The number of amides is 1. The Morgan fingerprint density at radius 3 is 2.43 bits per heavy atom. The van der Waals surface area contributed by atoms with Crippen molar-refractivity contribution in [2.24, 2.45) is 0 Å². The van der Waals surface area contributed by atoms with Gasteiger partial charge >= 0.3 is 5.97 Å². The van der Waals surface area contributed by atoms with Crippen LogP contribution in [0.15, 0.2) is 29.3 Å². The second-order valence-corrected chi connectivity index (χ2v) is 6.70. The van der Waals surface area contributed by atoms with Crippen molar-refractivity contribution in [3.63, 3.8) is 0 Å².